The first-order valence-electron chi connectivity index (χ1n) is 8.44. The number of halogens is 3. The van der Waals surface area contributed by atoms with Gasteiger partial charge in [0.25, 0.3) is 0 Å². The molecule has 1 heterocycles. The van der Waals surface area contributed by atoms with Crippen LogP contribution in [0.5, 0.6) is 0 Å². The number of rotatable bonds is 2. The van der Waals surface area contributed by atoms with Crippen molar-refractivity contribution in [2.45, 2.75) is 44.7 Å². The van der Waals surface area contributed by atoms with Crippen LogP contribution in [0, 0.1) is 11.5 Å². The predicted octanol–water partition coefficient (Wildman–Crippen LogP) is 4.49. The zero-order valence-electron chi connectivity index (χ0n) is 15.1. The van der Waals surface area contributed by atoms with Crippen LogP contribution in [-0.2, 0) is 6.18 Å². The zero-order valence-corrected chi connectivity index (χ0v) is 16.1. The molecule has 1 aliphatic rings. The second-order valence-corrected chi connectivity index (χ2v) is 12.3. The summed E-state index contributed by atoms with van der Waals surface area (Å²) < 4.78 is 39.6. The number of amides is 1. The third kappa shape index (κ3) is 5.99. The van der Waals surface area contributed by atoms with Crippen LogP contribution in [0.25, 0.3) is 0 Å². The molecule has 8 heteroatoms. The first kappa shape index (κ1) is 20.2. The molecule has 0 aliphatic carbocycles. The molecule has 2 rings (SSSR count). The number of benzene rings is 1. The lowest BCUT2D eigenvalue weighted by Crippen LogP contribution is -2.44. The van der Waals surface area contributed by atoms with Gasteiger partial charge in [-0.3, -0.25) is 0 Å². The minimum Gasteiger partial charge on any atom is -0.465 e. The molecule has 0 radical (unpaired) electrons. The van der Waals surface area contributed by atoms with Crippen molar-refractivity contribution in [1.29, 1.82) is 0 Å². The minimum atomic E-state index is -4.47. The van der Waals surface area contributed by atoms with Crippen molar-refractivity contribution in [2.24, 2.45) is 0 Å². The van der Waals surface area contributed by atoms with Gasteiger partial charge < -0.3 is 15.3 Å². The van der Waals surface area contributed by atoms with Gasteiger partial charge in [0.2, 0.25) is 0 Å². The molecule has 1 amide bonds. The quantitative estimate of drug-likeness (QED) is 0.584. The highest BCUT2D eigenvalue weighted by Gasteiger charge is 2.31. The van der Waals surface area contributed by atoms with Gasteiger partial charge in [-0.15, -0.1) is 5.54 Å². The average molecular weight is 384 g/mol. The van der Waals surface area contributed by atoms with Gasteiger partial charge in [-0.05, 0) is 31.0 Å². The summed E-state index contributed by atoms with van der Waals surface area (Å²) in [6.45, 7) is 6.77. The van der Waals surface area contributed by atoms with Gasteiger partial charge in [0.15, 0.2) is 0 Å². The van der Waals surface area contributed by atoms with Crippen molar-refractivity contribution in [1.82, 2.24) is 4.90 Å². The van der Waals surface area contributed by atoms with E-state index < -0.39 is 25.9 Å². The lowest BCUT2D eigenvalue weighted by molar-refractivity contribution is -0.137. The molecule has 0 saturated carbocycles. The summed E-state index contributed by atoms with van der Waals surface area (Å²) in [5, 5.41) is 12.2. The average Bonchev–Trinajstić information content (AvgIpc) is 2.51. The standard InChI is InChI=1S/C18H23F3N2O2Si/c1-26(2,3)8-6-13-9-14(18(19,20)21)11-16(10-13)22-15-5-4-7-23(12-15)17(24)25/h9-11,15,22H,4-5,7,12H2,1-3H3,(H,24,25)/t15-/m1/s1. The second kappa shape index (κ2) is 7.62. The third-order valence-corrected chi connectivity index (χ3v) is 4.78. The third-order valence-electron chi connectivity index (χ3n) is 3.90. The summed E-state index contributed by atoms with van der Waals surface area (Å²) >= 11 is 0. The van der Waals surface area contributed by atoms with E-state index in [0.29, 0.717) is 30.6 Å². The van der Waals surface area contributed by atoms with Crippen molar-refractivity contribution in [2.75, 3.05) is 18.4 Å². The molecular weight excluding hydrogens is 361 g/mol. The van der Waals surface area contributed by atoms with Crippen molar-refractivity contribution < 1.29 is 23.1 Å². The monoisotopic (exact) mass is 384 g/mol. The molecule has 4 nitrogen and oxygen atoms in total. The number of likely N-dealkylation sites (tertiary alicyclic amines) is 1. The van der Waals surface area contributed by atoms with E-state index in [0.717, 1.165) is 12.1 Å². The van der Waals surface area contributed by atoms with Crippen LogP contribution in [-0.4, -0.2) is 43.3 Å². The highest BCUT2D eigenvalue weighted by atomic mass is 28.3. The molecule has 0 spiro atoms. The van der Waals surface area contributed by atoms with Gasteiger partial charge in [0.1, 0.15) is 8.07 Å². The topological polar surface area (TPSA) is 52.6 Å². The van der Waals surface area contributed by atoms with E-state index in [1.807, 2.05) is 19.6 Å². The Morgan fingerprint density at radius 3 is 2.58 bits per heavy atom. The predicted molar refractivity (Wildman–Crippen MR) is 97.9 cm³/mol. The van der Waals surface area contributed by atoms with Crippen LogP contribution in [0.2, 0.25) is 19.6 Å². The molecule has 1 atom stereocenters. The smallest absolute Gasteiger partial charge is 0.416 e. The van der Waals surface area contributed by atoms with Gasteiger partial charge in [0, 0.05) is 30.4 Å². The normalized spacial score (nSPS) is 18.1. The number of carbonyl (C=O) groups is 1. The molecule has 1 fully saturated rings. The van der Waals surface area contributed by atoms with Gasteiger partial charge in [0.05, 0.1) is 5.56 Å². The maximum atomic E-state index is 13.2. The van der Waals surface area contributed by atoms with Crippen LogP contribution >= 0.6 is 0 Å². The van der Waals surface area contributed by atoms with E-state index in [1.54, 1.807) is 6.07 Å². The Bertz CT molecular complexity index is 733. The van der Waals surface area contributed by atoms with Crippen LogP contribution < -0.4 is 5.32 Å². The van der Waals surface area contributed by atoms with E-state index in [9.17, 15) is 18.0 Å². The van der Waals surface area contributed by atoms with Crippen LogP contribution in [0.15, 0.2) is 18.2 Å². The molecule has 0 unspecified atom stereocenters. The number of anilines is 1. The Balaban J connectivity index is 2.29. The summed E-state index contributed by atoms with van der Waals surface area (Å²) in [7, 11) is -1.72. The van der Waals surface area contributed by atoms with Crippen LogP contribution in [0.1, 0.15) is 24.0 Å². The maximum absolute atomic E-state index is 13.2. The molecule has 2 N–H and O–H groups in total. The van der Waals surface area contributed by atoms with Gasteiger partial charge in [-0.2, -0.15) is 13.2 Å². The molecular formula is C18H23F3N2O2Si. The van der Waals surface area contributed by atoms with Gasteiger partial charge >= 0.3 is 12.3 Å². The largest absolute Gasteiger partial charge is 0.465 e. The second-order valence-electron chi connectivity index (χ2n) is 7.51. The summed E-state index contributed by atoms with van der Waals surface area (Å²) in [5.41, 5.74) is 2.95. The Kier molecular flexibility index (Phi) is 5.91. The fourth-order valence-corrected chi connectivity index (χ4v) is 3.23. The number of hydrogen-bond donors (Lipinski definition) is 2. The molecule has 1 aromatic carbocycles. The van der Waals surface area contributed by atoms with Crippen LogP contribution in [0.4, 0.5) is 23.7 Å². The van der Waals surface area contributed by atoms with E-state index in [-0.39, 0.29) is 12.6 Å². The summed E-state index contributed by atoms with van der Waals surface area (Å²) in [4.78, 5) is 12.4. The lowest BCUT2D eigenvalue weighted by atomic mass is 10.0. The molecule has 0 aromatic heterocycles. The highest BCUT2D eigenvalue weighted by Crippen LogP contribution is 2.32. The summed E-state index contributed by atoms with van der Waals surface area (Å²) in [6, 6.07) is 3.49. The SMILES string of the molecule is C[Si](C)(C)C#Cc1cc(N[C@@H]2CCCN(C(=O)O)C2)cc(C(F)(F)F)c1. The molecule has 0 bridgehead atoms. The van der Waals surface area contributed by atoms with E-state index in [4.69, 9.17) is 5.11 Å². The van der Waals surface area contributed by atoms with Gasteiger partial charge in [-0.25, -0.2) is 4.79 Å². The number of piperidine rings is 1. The van der Waals surface area contributed by atoms with Crippen LogP contribution in [0.3, 0.4) is 0 Å². The Labute approximate surface area is 152 Å². The molecule has 26 heavy (non-hydrogen) atoms. The first-order valence-corrected chi connectivity index (χ1v) is 11.9. The number of alkyl halides is 3. The maximum Gasteiger partial charge on any atom is 0.416 e. The van der Waals surface area contributed by atoms with Crippen molar-refractivity contribution in [3.05, 3.63) is 29.3 Å². The van der Waals surface area contributed by atoms with Crippen molar-refractivity contribution in [3.63, 3.8) is 0 Å². The molecule has 1 aliphatic heterocycles. The zero-order chi connectivity index (χ0) is 19.5. The summed E-state index contributed by atoms with van der Waals surface area (Å²) in [5.74, 6) is 2.87. The Morgan fingerprint density at radius 2 is 2.00 bits per heavy atom. The molecule has 1 aromatic rings. The number of carboxylic acid groups (broad SMARTS) is 1. The first-order chi connectivity index (χ1) is 11.9. The molecule has 1 saturated heterocycles. The van der Waals surface area contributed by atoms with E-state index in [2.05, 4.69) is 16.8 Å². The number of hydrogen-bond acceptors (Lipinski definition) is 2. The van der Waals surface area contributed by atoms with E-state index in [1.165, 1.54) is 4.90 Å². The van der Waals surface area contributed by atoms with Crippen molar-refractivity contribution >= 4 is 19.9 Å². The number of nitrogens with one attached hydrogen (secondary N) is 1. The molecule has 142 valence electrons. The Hall–Kier alpha value is -2.14. The van der Waals surface area contributed by atoms with E-state index >= 15 is 0 Å². The summed E-state index contributed by atoms with van der Waals surface area (Å²) in [6.07, 6.45) is -4.10. The minimum absolute atomic E-state index is 0.221. The fourth-order valence-electron chi connectivity index (χ4n) is 2.71. The van der Waals surface area contributed by atoms with Crippen molar-refractivity contribution in [3.8, 4) is 11.5 Å². The highest BCUT2D eigenvalue weighted by molar-refractivity contribution is 6.83. The lowest BCUT2D eigenvalue weighted by Gasteiger charge is -2.32. The van der Waals surface area contributed by atoms with Gasteiger partial charge in [-0.1, -0.05) is 25.6 Å². The Morgan fingerprint density at radius 1 is 1.31 bits per heavy atom. The number of nitrogens with zero attached hydrogens (tertiary/aromatic N) is 1. The fraction of sp³-hybridized carbons (Fsp3) is 0.500.